The second kappa shape index (κ2) is 6.00. The molecular formula is C18H18N4O2S. The van der Waals surface area contributed by atoms with Crippen LogP contribution in [0.3, 0.4) is 0 Å². The van der Waals surface area contributed by atoms with Gasteiger partial charge < -0.3 is 15.7 Å². The lowest BCUT2D eigenvalue weighted by Crippen LogP contribution is -2.35. The molecule has 3 N–H and O–H groups in total. The molecule has 128 valence electrons. The highest BCUT2D eigenvalue weighted by Crippen LogP contribution is 2.34. The third-order valence-electron chi connectivity index (χ3n) is 4.28. The molecule has 4 rings (SSSR count). The van der Waals surface area contributed by atoms with E-state index >= 15 is 0 Å². The molecule has 0 spiro atoms. The lowest BCUT2D eigenvalue weighted by Gasteiger charge is -2.25. The minimum atomic E-state index is -0.973. The summed E-state index contributed by atoms with van der Waals surface area (Å²) < 4.78 is 0. The van der Waals surface area contributed by atoms with Crippen molar-refractivity contribution in [3.63, 3.8) is 0 Å². The van der Waals surface area contributed by atoms with Crippen molar-refractivity contribution in [3.8, 4) is 0 Å². The number of benzene rings is 1. The second-order valence-electron chi connectivity index (χ2n) is 6.37. The fourth-order valence-corrected chi connectivity index (χ4v) is 4.16. The second-order valence-corrected chi connectivity index (χ2v) is 7.45. The molecule has 0 bridgehead atoms. The van der Waals surface area contributed by atoms with Gasteiger partial charge in [-0.05, 0) is 55.5 Å². The number of hydrogen-bond acceptors (Lipinski definition) is 6. The normalized spacial score (nSPS) is 15.8. The van der Waals surface area contributed by atoms with Gasteiger partial charge >= 0.3 is 5.97 Å². The predicted molar refractivity (Wildman–Crippen MR) is 99.3 cm³/mol. The Bertz CT molecular complexity index is 922. The number of fused-ring (bicyclic) bond motifs is 2. The fourth-order valence-electron chi connectivity index (χ4n) is 3.26. The molecule has 0 saturated carbocycles. The topological polar surface area (TPSA) is 86.6 Å². The third-order valence-corrected chi connectivity index (χ3v) is 5.38. The number of nitrogens with zero attached hydrogens (tertiary/aromatic N) is 2. The molecule has 6 nitrogen and oxygen atoms in total. The number of guanidine groups is 1. The van der Waals surface area contributed by atoms with Gasteiger partial charge in [0.2, 0.25) is 11.0 Å². The molecule has 0 saturated heterocycles. The van der Waals surface area contributed by atoms with Gasteiger partial charge in [-0.1, -0.05) is 6.07 Å². The van der Waals surface area contributed by atoms with Gasteiger partial charge in [0.05, 0.1) is 12.2 Å². The molecule has 0 atom stereocenters. The maximum absolute atomic E-state index is 11.2. The van der Waals surface area contributed by atoms with Crippen molar-refractivity contribution in [2.75, 3.05) is 11.9 Å². The molecule has 0 amide bonds. The van der Waals surface area contributed by atoms with E-state index in [4.69, 9.17) is 0 Å². The van der Waals surface area contributed by atoms with E-state index in [9.17, 15) is 9.90 Å². The number of carbonyl (C=O) groups is 1. The van der Waals surface area contributed by atoms with E-state index in [1.807, 2.05) is 0 Å². The number of nitrogens with one attached hydrogen (secondary N) is 2. The molecule has 1 aromatic carbocycles. The highest BCUT2D eigenvalue weighted by Gasteiger charge is 2.28. The lowest BCUT2D eigenvalue weighted by molar-refractivity contribution is 0.0696. The van der Waals surface area contributed by atoms with Crippen LogP contribution in [0.1, 0.15) is 37.9 Å². The third kappa shape index (κ3) is 3.02. The Kier molecular flexibility index (Phi) is 3.80. The number of aryl methyl sites for hydroxylation is 3. The van der Waals surface area contributed by atoms with Crippen molar-refractivity contribution in [1.29, 1.82) is 0 Å². The first-order chi connectivity index (χ1) is 12.0. The summed E-state index contributed by atoms with van der Waals surface area (Å²) in [6.07, 6.45) is 1.72. The van der Waals surface area contributed by atoms with Crippen LogP contribution in [0.4, 0.5) is 5.69 Å². The Morgan fingerprint density at radius 1 is 1.24 bits per heavy atom. The van der Waals surface area contributed by atoms with Crippen molar-refractivity contribution in [1.82, 2.24) is 10.3 Å². The maximum Gasteiger partial charge on any atom is 0.365 e. The zero-order valence-electron chi connectivity index (χ0n) is 14.0. The SMILES string of the molecule is Cc1cc(C)cc(NC2=NCC3=C(N2)c2nc(C(=O)O)sc2CC3)c1. The van der Waals surface area contributed by atoms with Gasteiger partial charge in [-0.25, -0.2) is 14.8 Å². The molecule has 7 heteroatoms. The monoisotopic (exact) mass is 354 g/mol. The summed E-state index contributed by atoms with van der Waals surface area (Å²) in [7, 11) is 0. The van der Waals surface area contributed by atoms with E-state index in [0.717, 1.165) is 34.8 Å². The summed E-state index contributed by atoms with van der Waals surface area (Å²) in [5.41, 5.74) is 6.20. The molecule has 1 aliphatic carbocycles. The smallest absolute Gasteiger partial charge is 0.365 e. The van der Waals surface area contributed by atoms with Gasteiger partial charge in [0.25, 0.3) is 0 Å². The number of rotatable bonds is 2. The molecule has 2 aliphatic rings. The quantitative estimate of drug-likeness (QED) is 0.771. The summed E-state index contributed by atoms with van der Waals surface area (Å²) >= 11 is 1.26. The predicted octanol–water partition coefficient (Wildman–Crippen LogP) is 3.19. The van der Waals surface area contributed by atoms with E-state index in [0.29, 0.717) is 12.5 Å². The van der Waals surface area contributed by atoms with Gasteiger partial charge in [-0.2, -0.15) is 0 Å². The number of carboxylic acids is 1. The molecule has 0 radical (unpaired) electrons. The van der Waals surface area contributed by atoms with Gasteiger partial charge in [-0.15, -0.1) is 11.3 Å². The first kappa shape index (κ1) is 15.8. The Balaban J connectivity index is 1.60. The van der Waals surface area contributed by atoms with Crippen molar-refractivity contribution in [2.45, 2.75) is 26.7 Å². The van der Waals surface area contributed by atoms with Crippen molar-refractivity contribution in [3.05, 3.63) is 50.5 Å². The largest absolute Gasteiger partial charge is 0.476 e. The average molecular weight is 354 g/mol. The van der Waals surface area contributed by atoms with E-state index in [-0.39, 0.29) is 5.01 Å². The zero-order chi connectivity index (χ0) is 17.6. The Morgan fingerprint density at radius 3 is 2.72 bits per heavy atom. The summed E-state index contributed by atoms with van der Waals surface area (Å²) in [5, 5.41) is 16.0. The van der Waals surface area contributed by atoms with Crippen LogP contribution in [0, 0.1) is 13.8 Å². The number of aromatic nitrogens is 1. The molecule has 1 aromatic heterocycles. The van der Waals surface area contributed by atoms with Gasteiger partial charge in [-0.3, -0.25) is 0 Å². The van der Waals surface area contributed by atoms with E-state index < -0.39 is 5.97 Å². The number of carboxylic acid groups (broad SMARTS) is 1. The van der Waals surface area contributed by atoms with Crippen LogP contribution < -0.4 is 10.6 Å². The summed E-state index contributed by atoms with van der Waals surface area (Å²) in [4.78, 5) is 21.1. The van der Waals surface area contributed by atoms with Crippen molar-refractivity contribution < 1.29 is 9.90 Å². The minimum Gasteiger partial charge on any atom is -0.476 e. The number of thiazole rings is 1. The highest BCUT2D eigenvalue weighted by molar-refractivity contribution is 7.13. The number of aromatic carboxylic acids is 1. The average Bonchev–Trinajstić information content (AvgIpc) is 2.99. The van der Waals surface area contributed by atoms with Crippen LogP contribution >= 0.6 is 11.3 Å². The molecule has 25 heavy (non-hydrogen) atoms. The number of anilines is 1. The fraction of sp³-hybridized carbons (Fsp3) is 0.278. The molecule has 2 aromatic rings. The first-order valence-corrected chi connectivity index (χ1v) is 8.93. The molecular weight excluding hydrogens is 336 g/mol. The van der Waals surface area contributed by atoms with Gasteiger partial charge in [0.15, 0.2) is 0 Å². The van der Waals surface area contributed by atoms with Crippen molar-refractivity contribution >= 4 is 34.7 Å². The zero-order valence-corrected chi connectivity index (χ0v) is 14.8. The van der Waals surface area contributed by atoms with Gasteiger partial charge in [0.1, 0.15) is 5.69 Å². The first-order valence-electron chi connectivity index (χ1n) is 8.12. The van der Waals surface area contributed by atoms with Crippen LogP contribution in [-0.4, -0.2) is 28.6 Å². The summed E-state index contributed by atoms with van der Waals surface area (Å²) in [6.45, 7) is 4.73. The Hall–Kier alpha value is -2.67. The van der Waals surface area contributed by atoms with Crippen LogP contribution in [0.2, 0.25) is 0 Å². The Labute approximate surface area is 149 Å². The van der Waals surface area contributed by atoms with Crippen molar-refractivity contribution in [2.24, 2.45) is 4.99 Å². The van der Waals surface area contributed by atoms with E-state index in [1.165, 1.54) is 28.0 Å². The van der Waals surface area contributed by atoms with Crippen LogP contribution in [0.25, 0.3) is 5.70 Å². The Morgan fingerprint density at radius 2 is 2.00 bits per heavy atom. The lowest BCUT2D eigenvalue weighted by atomic mass is 9.97. The molecule has 1 aliphatic heterocycles. The summed E-state index contributed by atoms with van der Waals surface area (Å²) in [5.74, 6) is -0.305. The molecule has 0 fully saturated rings. The maximum atomic E-state index is 11.2. The molecule has 2 heterocycles. The highest BCUT2D eigenvalue weighted by atomic mass is 32.1. The van der Waals surface area contributed by atoms with E-state index in [1.54, 1.807) is 0 Å². The van der Waals surface area contributed by atoms with E-state index in [2.05, 4.69) is 52.7 Å². The molecule has 0 unspecified atom stereocenters. The van der Waals surface area contributed by atoms with Gasteiger partial charge in [0, 0.05) is 10.6 Å². The van der Waals surface area contributed by atoms with Crippen LogP contribution in [0.15, 0.2) is 28.8 Å². The summed E-state index contributed by atoms with van der Waals surface area (Å²) in [6, 6.07) is 6.26. The number of aliphatic imine (C=N–C) groups is 1. The van der Waals surface area contributed by atoms with Crippen LogP contribution in [-0.2, 0) is 6.42 Å². The standard InChI is InChI=1S/C18H18N4O2S/c1-9-5-10(2)7-12(6-9)20-18-19-8-11-3-4-13-15(14(11)22-18)21-16(25-13)17(23)24/h5-7H,3-4,8H2,1-2H3,(H,23,24)(H2,19,20,22). The minimum absolute atomic E-state index is 0.145. The van der Waals surface area contributed by atoms with Crippen LogP contribution in [0.5, 0.6) is 0 Å². The number of hydrogen-bond donors (Lipinski definition) is 3.